The lowest BCUT2D eigenvalue weighted by atomic mass is 9.65. The number of allylic oxidation sites excluding steroid dienone is 13. The van der Waals surface area contributed by atoms with Crippen LogP contribution in [-0.4, -0.2) is 0 Å². The summed E-state index contributed by atoms with van der Waals surface area (Å²) in [4.78, 5) is 0. The summed E-state index contributed by atoms with van der Waals surface area (Å²) in [5.74, 6) is 0. The van der Waals surface area contributed by atoms with Crippen LogP contribution in [-0.2, 0) is 5.41 Å². The molecule has 1 aliphatic rings. The SMILES string of the molecule is C.C=CC.C=CC1=C(C=C)C(C(/C=C\C(=C)C)=C/C)(c2ccc(C)cc2)C(C=C)=C1C.CC.CC.CC.CC.CC.CC.CC.CC.CC. The van der Waals surface area contributed by atoms with E-state index in [4.69, 9.17) is 0 Å². The molecule has 0 fully saturated rings. The van der Waals surface area contributed by atoms with Gasteiger partial charge in [0.15, 0.2) is 0 Å². The first-order chi connectivity index (χ1) is 23.3. The van der Waals surface area contributed by atoms with Crippen LogP contribution >= 0.6 is 0 Å². The maximum Gasteiger partial charge on any atom is 0.0706 e. The molecule has 2 rings (SSSR count). The molecule has 1 aromatic carbocycles. The van der Waals surface area contributed by atoms with Gasteiger partial charge in [-0.25, -0.2) is 0 Å². The summed E-state index contributed by atoms with van der Waals surface area (Å²) in [5.41, 5.74) is 8.82. The van der Waals surface area contributed by atoms with Gasteiger partial charge >= 0.3 is 0 Å². The van der Waals surface area contributed by atoms with Crippen molar-refractivity contribution in [3.8, 4) is 0 Å². The van der Waals surface area contributed by atoms with Gasteiger partial charge in [0, 0.05) is 0 Å². The first-order valence-electron chi connectivity index (χ1n) is 19.3. The van der Waals surface area contributed by atoms with Crippen molar-refractivity contribution < 1.29 is 0 Å². The molecule has 49 heavy (non-hydrogen) atoms. The monoisotopic (exact) mass is 683 g/mol. The summed E-state index contributed by atoms with van der Waals surface area (Å²) in [6.45, 7) is 66.0. The summed E-state index contributed by atoms with van der Waals surface area (Å²) in [6.07, 6.45) is 14.0. The molecule has 0 nitrogen and oxygen atoms in total. The minimum absolute atomic E-state index is 0. The summed E-state index contributed by atoms with van der Waals surface area (Å²) in [6, 6.07) is 8.74. The second-order valence-electron chi connectivity index (χ2n) is 7.43. The second kappa shape index (κ2) is 60.2. The third kappa shape index (κ3) is 26.4. The molecule has 0 heterocycles. The van der Waals surface area contributed by atoms with E-state index in [2.05, 4.69) is 96.2 Å². The number of hydrogen-bond donors (Lipinski definition) is 0. The molecule has 1 unspecified atom stereocenters. The van der Waals surface area contributed by atoms with Crippen LogP contribution in [0.2, 0.25) is 0 Å². The Hall–Kier alpha value is -3.12. The molecule has 290 valence electrons. The third-order valence-electron chi connectivity index (χ3n) is 5.29. The molecule has 0 saturated heterocycles. The van der Waals surface area contributed by atoms with Crippen LogP contribution in [0.25, 0.3) is 0 Å². The summed E-state index contributed by atoms with van der Waals surface area (Å²) < 4.78 is 0. The predicted molar refractivity (Wildman–Crippen MR) is 246 cm³/mol. The molecule has 1 atom stereocenters. The molecule has 0 bridgehead atoms. The highest BCUT2D eigenvalue weighted by molar-refractivity contribution is 5.75. The van der Waals surface area contributed by atoms with E-state index >= 15 is 0 Å². The second-order valence-corrected chi connectivity index (χ2v) is 7.43. The van der Waals surface area contributed by atoms with E-state index in [9.17, 15) is 0 Å². The van der Waals surface area contributed by atoms with Crippen molar-refractivity contribution in [2.45, 2.75) is 172 Å². The summed E-state index contributed by atoms with van der Waals surface area (Å²) >= 11 is 0. The molecule has 0 aromatic heterocycles. The van der Waals surface area contributed by atoms with Crippen LogP contribution in [0.1, 0.15) is 171 Å². The largest absolute Gasteiger partial charge is 0.103 e. The maximum atomic E-state index is 4.16. The fourth-order valence-electron chi connectivity index (χ4n) is 4.07. The fourth-order valence-corrected chi connectivity index (χ4v) is 4.07. The smallest absolute Gasteiger partial charge is 0.0706 e. The van der Waals surface area contributed by atoms with Crippen LogP contribution in [0.15, 0.2) is 133 Å². The highest BCUT2D eigenvalue weighted by Gasteiger charge is 2.46. The standard InChI is InChI=1S/C27H30.C3H6.9C2H6.CH4/c1-9-22(16-13-19(5)6)27(23-17-14-20(7)15-18-23)25(11-3)21(8)24(10-2)26(27)12-4;1-3-2;9*1-2;/h9-18H,2-5H2,1,6-8H3;3H,1H2,2H3;9*1-2H3;1H4/b16-13-,22-9+;;;;;;;;;;;. The predicted octanol–water partition coefficient (Wildman–Crippen LogP) is 18.6. The minimum Gasteiger partial charge on any atom is -0.103 e. The Bertz CT molecular complexity index is 952. The van der Waals surface area contributed by atoms with Crippen molar-refractivity contribution in [3.63, 3.8) is 0 Å². The first kappa shape index (κ1) is 71.8. The van der Waals surface area contributed by atoms with E-state index < -0.39 is 5.41 Å². The Balaban J connectivity index is -0.0000000735. The van der Waals surface area contributed by atoms with Crippen LogP contribution < -0.4 is 0 Å². The average molecular weight is 683 g/mol. The highest BCUT2D eigenvalue weighted by Crippen LogP contribution is 2.55. The van der Waals surface area contributed by atoms with E-state index in [0.717, 1.165) is 16.7 Å². The summed E-state index contributed by atoms with van der Waals surface area (Å²) in [5, 5.41) is 0. The lowest BCUT2D eigenvalue weighted by molar-refractivity contribution is 0.751. The van der Waals surface area contributed by atoms with Gasteiger partial charge in [-0.05, 0) is 68.0 Å². The average Bonchev–Trinajstić information content (AvgIpc) is 3.43. The zero-order valence-electron chi connectivity index (χ0n) is 37.4. The molecule has 1 aromatic rings. The van der Waals surface area contributed by atoms with Crippen molar-refractivity contribution in [1.82, 2.24) is 0 Å². The van der Waals surface area contributed by atoms with Gasteiger partial charge in [0.25, 0.3) is 0 Å². The molecular formula is C49H94. The molecule has 1 aliphatic carbocycles. The fraction of sp³-hybridized carbons (Fsp3) is 0.510. The Morgan fingerprint density at radius 3 is 1.12 bits per heavy atom. The lowest BCUT2D eigenvalue weighted by Gasteiger charge is -2.36. The molecule has 0 amide bonds. The molecular weight excluding hydrogens is 589 g/mol. The van der Waals surface area contributed by atoms with Crippen molar-refractivity contribution in [2.24, 2.45) is 0 Å². The third-order valence-corrected chi connectivity index (χ3v) is 5.29. The van der Waals surface area contributed by atoms with E-state index in [1.165, 1.54) is 27.8 Å². The van der Waals surface area contributed by atoms with Gasteiger partial charge in [-0.3, -0.25) is 0 Å². The zero-order chi connectivity index (χ0) is 40.9. The normalized spacial score (nSPS) is 12.6. The number of hydrogen-bond acceptors (Lipinski definition) is 0. The van der Waals surface area contributed by atoms with E-state index in [-0.39, 0.29) is 7.43 Å². The van der Waals surface area contributed by atoms with Crippen molar-refractivity contribution in [3.05, 3.63) is 144 Å². The van der Waals surface area contributed by atoms with Gasteiger partial charge in [0.05, 0.1) is 5.41 Å². The topological polar surface area (TPSA) is 0 Å². The Morgan fingerprint density at radius 2 is 0.878 bits per heavy atom. The van der Waals surface area contributed by atoms with Crippen LogP contribution in [0, 0.1) is 6.92 Å². The highest BCUT2D eigenvalue weighted by atomic mass is 14.5. The van der Waals surface area contributed by atoms with E-state index in [1.807, 2.05) is 157 Å². The Kier molecular flexibility index (Phi) is 88.2. The Morgan fingerprint density at radius 1 is 0.551 bits per heavy atom. The van der Waals surface area contributed by atoms with E-state index in [0.29, 0.717) is 0 Å². The molecule has 0 spiro atoms. The van der Waals surface area contributed by atoms with Crippen molar-refractivity contribution >= 4 is 0 Å². The molecule has 0 heteroatoms. The van der Waals surface area contributed by atoms with E-state index in [1.54, 1.807) is 6.08 Å². The quantitative estimate of drug-likeness (QED) is 0.198. The maximum absolute atomic E-state index is 4.16. The van der Waals surface area contributed by atoms with Gasteiger partial charge in [0.1, 0.15) is 0 Å². The Labute approximate surface area is 315 Å². The molecule has 0 aliphatic heterocycles. The number of aryl methyl sites for hydroxylation is 1. The van der Waals surface area contributed by atoms with Gasteiger partial charge in [-0.1, -0.05) is 236 Å². The minimum atomic E-state index is -0.453. The van der Waals surface area contributed by atoms with Crippen molar-refractivity contribution in [2.75, 3.05) is 0 Å². The molecule has 0 N–H and O–H groups in total. The van der Waals surface area contributed by atoms with Crippen LogP contribution in [0.3, 0.4) is 0 Å². The zero-order valence-corrected chi connectivity index (χ0v) is 37.4. The van der Waals surface area contributed by atoms with Crippen LogP contribution in [0.4, 0.5) is 0 Å². The molecule has 0 radical (unpaired) electrons. The van der Waals surface area contributed by atoms with Crippen LogP contribution in [0.5, 0.6) is 0 Å². The van der Waals surface area contributed by atoms with Gasteiger partial charge in [0.2, 0.25) is 0 Å². The van der Waals surface area contributed by atoms with Gasteiger partial charge < -0.3 is 0 Å². The lowest BCUT2D eigenvalue weighted by Crippen LogP contribution is -2.30. The van der Waals surface area contributed by atoms with Gasteiger partial charge in [-0.15, -0.1) is 6.58 Å². The van der Waals surface area contributed by atoms with Crippen molar-refractivity contribution in [1.29, 1.82) is 0 Å². The number of benzene rings is 1. The first-order valence-corrected chi connectivity index (χ1v) is 19.3. The number of rotatable bonds is 7. The molecule has 0 saturated carbocycles. The van der Waals surface area contributed by atoms with Gasteiger partial charge in [-0.2, -0.15) is 0 Å². The summed E-state index contributed by atoms with van der Waals surface area (Å²) in [7, 11) is 0.